The fourth-order valence-corrected chi connectivity index (χ4v) is 0.455. The minimum Gasteiger partial charge on any atom is -0.430 e. The Morgan fingerprint density at radius 1 is 1.88 bits per heavy atom. The number of ether oxygens (including phenoxy) is 2. The van der Waals surface area contributed by atoms with Crippen LogP contribution < -0.4 is 0 Å². The first-order valence-electron chi connectivity index (χ1n) is 2.27. The van der Waals surface area contributed by atoms with Gasteiger partial charge in [-0.2, -0.15) is 0 Å². The van der Waals surface area contributed by atoms with Gasteiger partial charge in [-0.1, -0.05) is 0 Å². The zero-order valence-electron chi connectivity index (χ0n) is 4.16. The lowest BCUT2D eigenvalue weighted by molar-refractivity contribution is 0.0919. The molecule has 1 atom stereocenters. The van der Waals surface area contributed by atoms with Crippen LogP contribution in [0.5, 0.6) is 0 Å². The minimum absolute atomic E-state index is 0.161. The van der Waals surface area contributed by atoms with Crippen molar-refractivity contribution >= 4 is 6.16 Å². The van der Waals surface area contributed by atoms with Crippen molar-refractivity contribution in [2.45, 2.75) is 6.10 Å². The van der Waals surface area contributed by atoms with Crippen LogP contribution in [0, 0.1) is 0 Å². The minimum atomic E-state index is -0.691. The molecule has 0 unspecified atom stereocenters. The molecule has 1 aliphatic rings. The molecule has 0 radical (unpaired) electrons. The van der Waals surface area contributed by atoms with Gasteiger partial charge in [0, 0.05) is 0 Å². The number of carbonyl (C=O) groups excluding carboxylic acids is 1. The third-order valence-corrected chi connectivity index (χ3v) is 0.854. The standard InChI is InChI=1S/C4H6O4/c5-1-3-2-7-4(6)8-3/h3,5H,1-2H2/t3-/m0/s1. The van der Waals surface area contributed by atoms with E-state index in [-0.39, 0.29) is 13.2 Å². The van der Waals surface area contributed by atoms with E-state index in [1.165, 1.54) is 0 Å². The van der Waals surface area contributed by atoms with Gasteiger partial charge in [-0.05, 0) is 0 Å². The van der Waals surface area contributed by atoms with Gasteiger partial charge in [0.15, 0.2) is 6.10 Å². The second-order valence-corrected chi connectivity index (χ2v) is 1.48. The molecule has 4 heteroatoms. The Labute approximate surface area is 46.0 Å². The Bertz CT molecular complexity index is 100. The van der Waals surface area contributed by atoms with E-state index in [0.717, 1.165) is 0 Å². The van der Waals surface area contributed by atoms with E-state index in [9.17, 15) is 4.79 Å². The van der Waals surface area contributed by atoms with Crippen LogP contribution in [0.2, 0.25) is 0 Å². The largest absolute Gasteiger partial charge is 0.508 e. The number of cyclic esters (lactones) is 2. The molecule has 0 aromatic rings. The average Bonchev–Trinajstić information content (AvgIpc) is 2.14. The number of carbonyl (C=O) groups is 1. The van der Waals surface area contributed by atoms with E-state index >= 15 is 0 Å². The summed E-state index contributed by atoms with van der Waals surface area (Å²) in [5.74, 6) is 0. The number of hydrogen-bond donors (Lipinski definition) is 1. The van der Waals surface area contributed by atoms with Crippen molar-refractivity contribution in [2.24, 2.45) is 0 Å². The van der Waals surface area contributed by atoms with Crippen molar-refractivity contribution in [3.63, 3.8) is 0 Å². The molecular formula is C4H6O4. The van der Waals surface area contributed by atoms with Crippen LogP contribution in [0.4, 0.5) is 4.79 Å². The normalized spacial score (nSPS) is 27.1. The van der Waals surface area contributed by atoms with Crippen LogP contribution in [0.3, 0.4) is 0 Å². The van der Waals surface area contributed by atoms with Gasteiger partial charge in [0.2, 0.25) is 0 Å². The lowest BCUT2D eigenvalue weighted by Crippen LogP contribution is -2.14. The number of aliphatic hydroxyl groups excluding tert-OH is 1. The van der Waals surface area contributed by atoms with Gasteiger partial charge in [-0.3, -0.25) is 0 Å². The summed E-state index contributed by atoms with van der Waals surface area (Å²) in [6.07, 6.45) is -1.13. The third-order valence-electron chi connectivity index (χ3n) is 0.854. The molecule has 0 aromatic carbocycles. The highest BCUT2D eigenvalue weighted by Crippen LogP contribution is 2.03. The predicted octanol–water partition coefficient (Wildman–Crippen LogP) is -0.486. The molecule has 4 nitrogen and oxygen atoms in total. The van der Waals surface area contributed by atoms with Crippen LogP contribution in [-0.4, -0.2) is 30.6 Å². The van der Waals surface area contributed by atoms with Crippen LogP contribution in [-0.2, 0) is 9.47 Å². The highest BCUT2D eigenvalue weighted by molar-refractivity contribution is 5.61. The van der Waals surface area contributed by atoms with Crippen molar-refractivity contribution in [1.29, 1.82) is 0 Å². The summed E-state index contributed by atoms with van der Waals surface area (Å²) >= 11 is 0. The predicted molar refractivity (Wildman–Crippen MR) is 23.3 cm³/mol. The molecule has 0 spiro atoms. The van der Waals surface area contributed by atoms with Gasteiger partial charge in [-0.25, -0.2) is 4.79 Å². The van der Waals surface area contributed by atoms with E-state index in [1.807, 2.05) is 0 Å². The third kappa shape index (κ3) is 0.894. The second kappa shape index (κ2) is 2.00. The van der Waals surface area contributed by atoms with E-state index in [0.29, 0.717) is 0 Å². The van der Waals surface area contributed by atoms with Gasteiger partial charge >= 0.3 is 6.16 Å². The van der Waals surface area contributed by atoms with Gasteiger partial charge in [0.1, 0.15) is 6.61 Å². The van der Waals surface area contributed by atoms with E-state index in [1.54, 1.807) is 0 Å². The summed E-state index contributed by atoms with van der Waals surface area (Å²) in [4.78, 5) is 10.1. The molecular weight excluding hydrogens is 112 g/mol. The average molecular weight is 118 g/mol. The summed E-state index contributed by atoms with van der Waals surface area (Å²) < 4.78 is 8.73. The highest BCUT2D eigenvalue weighted by Gasteiger charge is 2.23. The van der Waals surface area contributed by atoms with Crippen molar-refractivity contribution < 1.29 is 19.4 Å². The Morgan fingerprint density at radius 3 is 2.88 bits per heavy atom. The topological polar surface area (TPSA) is 55.8 Å². The number of aliphatic hydroxyl groups is 1. The summed E-state index contributed by atoms with van der Waals surface area (Å²) in [6, 6.07) is 0. The molecule has 1 heterocycles. The maximum absolute atomic E-state index is 10.1. The molecule has 0 amide bonds. The smallest absolute Gasteiger partial charge is 0.430 e. The lowest BCUT2D eigenvalue weighted by Gasteiger charge is -1.96. The van der Waals surface area contributed by atoms with Crippen LogP contribution in [0.1, 0.15) is 0 Å². The first-order valence-corrected chi connectivity index (χ1v) is 2.27. The Balaban J connectivity index is 2.32. The first kappa shape index (κ1) is 5.37. The van der Waals surface area contributed by atoms with Gasteiger partial charge in [-0.15, -0.1) is 0 Å². The molecule has 0 aromatic heterocycles. The monoisotopic (exact) mass is 118 g/mol. The first-order chi connectivity index (χ1) is 3.83. The Hall–Kier alpha value is -0.770. The van der Waals surface area contributed by atoms with Crippen LogP contribution >= 0.6 is 0 Å². The van der Waals surface area contributed by atoms with Crippen molar-refractivity contribution in [1.82, 2.24) is 0 Å². The molecule has 0 saturated carbocycles. The number of hydrogen-bond acceptors (Lipinski definition) is 4. The Morgan fingerprint density at radius 2 is 2.62 bits per heavy atom. The quantitative estimate of drug-likeness (QED) is 0.472. The lowest BCUT2D eigenvalue weighted by atomic mass is 10.4. The Kier molecular flexibility index (Phi) is 1.34. The van der Waals surface area contributed by atoms with E-state index in [4.69, 9.17) is 5.11 Å². The summed E-state index contributed by atoms with van der Waals surface area (Å²) in [5.41, 5.74) is 0. The maximum Gasteiger partial charge on any atom is 0.508 e. The van der Waals surface area contributed by atoms with Crippen LogP contribution in [0.15, 0.2) is 0 Å². The zero-order chi connectivity index (χ0) is 5.98. The summed E-state index contributed by atoms with van der Waals surface area (Å²) in [6.45, 7) is 0.0150. The molecule has 0 bridgehead atoms. The summed E-state index contributed by atoms with van der Waals surface area (Å²) in [5, 5.41) is 8.33. The molecule has 1 rings (SSSR count). The molecule has 8 heavy (non-hydrogen) atoms. The number of rotatable bonds is 1. The molecule has 1 aliphatic heterocycles. The molecule has 1 fully saturated rings. The maximum atomic E-state index is 10.1. The van der Waals surface area contributed by atoms with Gasteiger partial charge in [0.05, 0.1) is 6.61 Å². The van der Waals surface area contributed by atoms with Crippen molar-refractivity contribution in [3.05, 3.63) is 0 Å². The van der Waals surface area contributed by atoms with Crippen LogP contribution in [0.25, 0.3) is 0 Å². The van der Waals surface area contributed by atoms with E-state index in [2.05, 4.69) is 9.47 Å². The second-order valence-electron chi connectivity index (χ2n) is 1.48. The summed E-state index contributed by atoms with van der Waals surface area (Å²) in [7, 11) is 0. The van der Waals surface area contributed by atoms with Crippen molar-refractivity contribution in [3.8, 4) is 0 Å². The SMILES string of the molecule is O=C1OC[C@H](CO)O1. The fraction of sp³-hybridized carbons (Fsp3) is 0.750. The zero-order valence-corrected chi connectivity index (χ0v) is 4.16. The molecule has 1 N–H and O–H groups in total. The highest BCUT2D eigenvalue weighted by atomic mass is 16.8. The molecule has 46 valence electrons. The van der Waals surface area contributed by atoms with Gasteiger partial charge < -0.3 is 14.6 Å². The van der Waals surface area contributed by atoms with Crippen molar-refractivity contribution in [2.75, 3.05) is 13.2 Å². The molecule has 1 saturated heterocycles. The van der Waals surface area contributed by atoms with E-state index < -0.39 is 12.3 Å². The van der Waals surface area contributed by atoms with Gasteiger partial charge in [0.25, 0.3) is 0 Å². The fourth-order valence-electron chi connectivity index (χ4n) is 0.455. The molecule has 0 aliphatic carbocycles.